The fraction of sp³-hybridized carbons (Fsp3) is 0.345. The Labute approximate surface area is 214 Å². The van der Waals surface area contributed by atoms with Gasteiger partial charge in [-0.1, -0.05) is 50.5 Å². The Bertz CT molecular complexity index is 1240. The van der Waals surface area contributed by atoms with Gasteiger partial charge in [0, 0.05) is 18.2 Å². The van der Waals surface area contributed by atoms with E-state index in [-0.39, 0.29) is 22.6 Å². The van der Waals surface area contributed by atoms with E-state index in [0.29, 0.717) is 12.1 Å². The van der Waals surface area contributed by atoms with Crippen LogP contribution in [0.4, 0.5) is 4.39 Å². The Morgan fingerprint density at radius 1 is 0.917 bits per heavy atom. The Balaban J connectivity index is 1.70. The van der Waals surface area contributed by atoms with E-state index in [2.05, 4.69) is 6.92 Å². The van der Waals surface area contributed by atoms with E-state index >= 15 is 0 Å². The van der Waals surface area contributed by atoms with Crippen LogP contribution in [0.5, 0.6) is 5.75 Å². The second kappa shape index (κ2) is 12.7. The molecule has 1 amide bonds. The summed E-state index contributed by atoms with van der Waals surface area (Å²) in [6.45, 7) is 6.38. The van der Waals surface area contributed by atoms with E-state index in [9.17, 15) is 17.6 Å². The van der Waals surface area contributed by atoms with E-state index < -0.39 is 15.9 Å². The fourth-order valence-corrected chi connectivity index (χ4v) is 4.82. The van der Waals surface area contributed by atoms with Crippen molar-refractivity contribution in [2.75, 3.05) is 0 Å². The first kappa shape index (κ1) is 27.4. The Hall–Kier alpha value is -3.19. The summed E-state index contributed by atoms with van der Waals surface area (Å²) in [7, 11) is -4.11. The SMILES string of the molecule is CCCCCCc1ccc(C(=O)N(Cc2cccc(OS(=O)(=O)c3ccc(F)cc3)c2)C(C)C)cc1. The zero-order valence-corrected chi connectivity index (χ0v) is 21.9. The van der Waals surface area contributed by atoms with Crippen molar-refractivity contribution in [2.45, 2.75) is 70.4 Å². The van der Waals surface area contributed by atoms with E-state index in [4.69, 9.17) is 4.18 Å². The van der Waals surface area contributed by atoms with Gasteiger partial charge in [0.15, 0.2) is 0 Å². The van der Waals surface area contributed by atoms with Crippen molar-refractivity contribution in [2.24, 2.45) is 0 Å². The van der Waals surface area contributed by atoms with Gasteiger partial charge >= 0.3 is 10.1 Å². The van der Waals surface area contributed by atoms with Gasteiger partial charge in [0.25, 0.3) is 5.91 Å². The first-order valence-electron chi connectivity index (χ1n) is 12.4. The molecule has 3 aromatic carbocycles. The van der Waals surface area contributed by atoms with Crippen LogP contribution in [0, 0.1) is 5.82 Å². The Morgan fingerprint density at radius 3 is 2.25 bits per heavy atom. The minimum Gasteiger partial charge on any atom is -0.379 e. The molecular weight excluding hydrogens is 477 g/mol. The lowest BCUT2D eigenvalue weighted by Crippen LogP contribution is -2.36. The molecule has 0 spiro atoms. The number of amides is 1. The van der Waals surface area contributed by atoms with Crippen LogP contribution in [-0.2, 0) is 23.1 Å². The Kier molecular flexibility index (Phi) is 9.65. The third-order valence-corrected chi connectivity index (χ3v) is 7.23. The molecule has 0 aromatic heterocycles. The smallest absolute Gasteiger partial charge is 0.339 e. The largest absolute Gasteiger partial charge is 0.379 e. The van der Waals surface area contributed by atoms with Crippen molar-refractivity contribution >= 4 is 16.0 Å². The predicted octanol–water partition coefficient (Wildman–Crippen LogP) is 6.77. The third kappa shape index (κ3) is 7.65. The maximum Gasteiger partial charge on any atom is 0.339 e. The van der Waals surface area contributed by atoms with Crippen LogP contribution in [-0.4, -0.2) is 25.3 Å². The monoisotopic (exact) mass is 511 g/mol. The van der Waals surface area contributed by atoms with Gasteiger partial charge in [-0.15, -0.1) is 0 Å². The highest BCUT2D eigenvalue weighted by Crippen LogP contribution is 2.22. The van der Waals surface area contributed by atoms with Gasteiger partial charge in [-0.05, 0) is 86.3 Å². The molecule has 7 heteroatoms. The number of aryl methyl sites for hydroxylation is 1. The molecule has 0 aliphatic heterocycles. The molecule has 0 aliphatic rings. The molecule has 36 heavy (non-hydrogen) atoms. The molecular formula is C29H34FNO4S. The van der Waals surface area contributed by atoms with Crippen LogP contribution in [0.1, 0.15) is 67.9 Å². The maximum atomic E-state index is 13.3. The minimum absolute atomic E-state index is 0.0706. The lowest BCUT2D eigenvalue weighted by molar-refractivity contribution is 0.0690. The Morgan fingerprint density at radius 2 is 1.61 bits per heavy atom. The number of carbonyl (C=O) groups is 1. The number of rotatable bonds is 12. The van der Waals surface area contributed by atoms with Gasteiger partial charge in [-0.2, -0.15) is 8.42 Å². The van der Waals surface area contributed by atoms with Gasteiger partial charge in [0.1, 0.15) is 16.5 Å². The summed E-state index contributed by atoms with van der Waals surface area (Å²) in [6, 6.07) is 18.8. The van der Waals surface area contributed by atoms with E-state index in [1.54, 1.807) is 17.0 Å². The molecule has 0 bridgehead atoms. The first-order valence-corrected chi connectivity index (χ1v) is 13.8. The standard InChI is InChI=1S/C29H34FNO4S/c1-4-5-6-7-9-23-12-14-25(15-13-23)29(32)31(22(2)3)21-24-10-8-11-27(20-24)35-36(33,34)28-18-16-26(30)17-19-28/h8,10-20,22H,4-7,9,21H2,1-3H3. The lowest BCUT2D eigenvalue weighted by Gasteiger charge is -2.27. The quantitative estimate of drug-likeness (QED) is 0.199. The van der Waals surface area contributed by atoms with Crippen molar-refractivity contribution in [3.8, 4) is 5.75 Å². The number of unbranched alkanes of at least 4 members (excludes halogenated alkanes) is 3. The van der Waals surface area contributed by atoms with Gasteiger partial charge in [-0.3, -0.25) is 4.79 Å². The normalized spacial score (nSPS) is 11.5. The highest BCUT2D eigenvalue weighted by atomic mass is 32.2. The van der Waals surface area contributed by atoms with Crippen molar-refractivity contribution in [1.82, 2.24) is 4.90 Å². The van der Waals surface area contributed by atoms with Crippen molar-refractivity contribution in [3.63, 3.8) is 0 Å². The van der Waals surface area contributed by atoms with E-state index in [1.807, 2.05) is 44.2 Å². The van der Waals surface area contributed by atoms with Gasteiger partial charge in [0.05, 0.1) is 0 Å². The number of nitrogens with zero attached hydrogens (tertiary/aromatic N) is 1. The fourth-order valence-electron chi connectivity index (χ4n) is 3.89. The topological polar surface area (TPSA) is 63.7 Å². The van der Waals surface area contributed by atoms with Crippen molar-refractivity contribution in [3.05, 3.63) is 95.3 Å². The average molecular weight is 512 g/mol. The van der Waals surface area contributed by atoms with Crippen molar-refractivity contribution in [1.29, 1.82) is 0 Å². The second-order valence-corrected chi connectivity index (χ2v) is 10.7. The molecule has 0 saturated carbocycles. The van der Waals surface area contributed by atoms with Crippen LogP contribution >= 0.6 is 0 Å². The summed E-state index contributed by atoms with van der Waals surface area (Å²) in [5.41, 5.74) is 2.58. The molecule has 0 fully saturated rings. The van der Waals surface area contributed by atoms with E-state index in [1.165, 1.54) is 30.9 Å². The van der Waals surface area contributed by atoms with Crippen LogP contribution in [0.25, 0.3) is 0 Å². The summed E-state index contributed by atoms with van der Waals surface area (Å²) in [4.78, 5) is 14.9. The molecule has 0 unspecified atom stereocenters. The molecule has 192 valence electrons. The molecule has 3 rings (SSSR count). The third-order valence-electron chi connectivity index (χ3n) is 5.96. The number of hydrogen-bond acceptors (Lipinski definition) is 4. The van der Waals surface area contributed by atoms with Crippen LogP contribution in [0.3, 0.4) is 0 Å². The summed E-state index contributed by atoms with van der Waals surface area (Å²) in [5, 5.41) is 0. The summed E-state index contributed by atoms with van der Waals surface area (Å²) >= 11 is 0. The molecule has 5 nitrogen and oxygen atoms in total. The van der Waals surface area contributed by atoms with Crippen molar-refractivity contribution < 1.29 is 21.8 Å². The predicted molar refractivity (Wildman–Crippen MR) is 140 cm³/mol. The molecule has 0 atom stereocenters. The van der Waals surface area contributed by atoms with Crippen LogP contribution in [0.15, 0.2) is 77.7 Å². The molecule has 0 N–H and O–H groups in total. The zero-order valence-electron chi connectivity index (χ0n) is 21.1. The number of halogens is 1. The highest BCUT2D eigenvalue weighted by Gasteiger charge is 2.21. The average Bonchev–Trinajstić information content (AvgIpc) is 2.85. The number of hydrogen-bond donors (Lipinski definition) is 0. The molecule has 0 saturated heterocycles. The second-order valence-electron chi connectivity index (χ2n) is 9.17. The zero-order chi connectivity index (χ0) is 26.1. The minimum atomic E-state index is -4.11. The van der Waals surface area contributed by atoms with E-state index in [0.717, 1.165) is 42.7 Å². The number of benzene rings is 3. The van der Waals surface area contributed by atoms with Gasteiger partial charge < -0.3 is 9.08 Å². The first-order chi connectivity index (χ1) is 17.2. The molecule has 0 radical (unpaired) electrons. The maximum absolute atomic E-state index is 13.3. The lowest BCUT2D eigenvalue weighted by atomic mass is 10.0. The number of carbonyl (C=O) groups excluding carboxylic acids is 1. The van der Waals surface area contributed by atoms with Crippen LogP contribution in [0.2, 0.25) is 0 Å². The van der Waals surface area contributed by atoms with Gasteiger partial charge in [0.2, 0.25) is 0 Å². The summed E-state index contributed by atoms with van der Waals surface area (Å²) in [6.07, 6.45) is 5.82. The van der Waals surface area contributed by atoms with Crippen LogP contribution < -0.4 is 4.18 Å². The molecule has 3 aromatic rings. The van der Waals surface area contributed by atoms with Gasteiger partial charge in [-0.25, -0.2) is 4.39 Å². The molecule has 0 aliphatic carbocycles. The summed E-state index contributed by atoms with van der Waals surface area (Å²) in [5.74, 6) is -0.496. The summed E-state index contributed by atoms with van der Waals surface area (Å²) < 4.78 is 43.5. The highest BCUT2D eigenvalue weighted by molar-refractivity contribution is 7.87. The molecule has 0 heterocycles.